The molecule has 2 N–H and O–H groups in total. The second-order valence-electron chi connectivity index (χ2n) is 5.95. The zero-order chi connectivity index (χ0) is 19.4. The summed E-state index contributed by atoms with van der Waals surface area (Å²) < 4.78 is 6.98. The fourth-order valence-corrected chi connectivity index (χ4v) is 2.94. The van der Waals surface area contributed by atoms with Gasteiger partial charge in [0.05, 0.1) is 25.0 Å². The summed E-state index contributed by atoms with van der Waals surface area (Å²) in [4.78, 5) is 16.7. The number of hydrogen-bond donors (Lipinski definition) is 2. The van der Waals surface area contributed by atoms with Gasteiger partial charge in [0.25, 0.3) is 0 Å². The molecule has 0 saturated carbocycles. The molecule has 8 heteroatoms. The van der Waals surface area contributed by atoms with E-state index in [1.165, 1.54) is 7.11 Å². The zero-order valence-electron chi connectivity index (χ0n) is 15.2. The zero-order valence-corrected chi connectivity index (χ0v) is 16.0. The number of nitrogens with one attached hydrogen (secondary N) is 2. The maximum atomic E-state index is 12.4. The molecule has 2 aromatic heterocycles. The lowest BCUT2D eigenvalue weighted by atomic mass is 10.1. The molecule has 2 amide bonds. The first-order valence-electron chi connectivity index (χ1n) is 8.36. The number of nitrogens with zero attached hydrogens (tertiary/aromatic N) is 3. The Kier molecular flexibility index (Phi) is 5.61. The van der Waals surface area contributed by atoms with Crippen molar-refractivity contribution in [1.29, 1.82) is 0 Å². The summed E-state index contributed by atoms with van der Waals surface area (Å²) in [6.07, 6.45) is 3.44. The maximum absolute atomic E-state index is 12.4. The Bertz CT molecular complexity index is 943. The monoisotopic (exact) mass is 385 g/mol. The molecule has 1 aromatic carbocycles. The summed E-state index contributed by atoms with van der Waals surface area (Å²) in [5.41, 5.74) is 2.30. The van der Waals surface area contributed by atoms with Crippen LogP contribution in [-0.2, 0) is 0 Å². The number of anilines is 1. The van der Waals surface area contributed by atoms with Crippen molar-refractivity contribution in [3.63, 3.8) is 0 Å². The molecule has 0 aliphatic rings. The van der Waals surface area contributed by atoms with Crippen molar-refractivity contribution >= 4 is 23.3 Å². The van der Waals surface area contributed by atoms with Crippen LogP contribution in [0.3, 0.4) is 0 Å². The van der Waals surface area contributed by atoms with Gasteiger partial charge in [-0.3, -0.25) is 0 Å². The van der Waals surface area contributed by atoms with Crippen molar-refractivity contribution in [2.45, 2.75) is 19.9 Å². The van der Waals surface area contributed by atoms with E-state index in [0.717, 1.165) is 17.1 Å². The number of amides is 2. The standard InChI is InChI=1S/C19H20ClN5O2/c1-12(15-11-22-25(13(15)2)18-6-4-5-9-21-18)23-19(26)24-16-10-14(20)7-8-17(16)27-3/h4-12H,1-3H3,(H2,23,24,26). The van der Waals surface area contributed by atoms with Crippen molar-refractivity contribution in [1.82, 2.24) is 20.1 Å². The Morgan fingerprint density at radius 2 is 2.11 bits per heavy atom. The number of methoxy groups -OCH3 is 1. The molecule has 1 atom stereocenters. The number of benzene rings is 1. The second-order valence-corrected chi connectivity index (χ2v) is 6.39. The van der Waals surface area contributed by atoms with Gasteiger partial charge in [0.15, 0.2) is 5.82 Å². The summed E-state index contributed by atoms with van der Waals surface area (Å²) in [7, 11) is 1.53. The summed E-state index contributed by atoms with van der Waals surface area (Å²) in [6, 6.07) is 10.0. The summed E-state index contributed by atoms with van der Waals surface area (Å²) in [6.45, 7) is 3.83. The number of urea groups is 1. The van der Waals surface area contributed by atoms with Gasteiger partial charge < -0.3 is 15.4 Å². The van der Waals surface area contributed by atoms with Gasteiger partial charge >= 0.3 is 6.03 Å². The first-order valence-corrected chi connectivity index (χ1v) is 8.74. The predicted molar refractivity (Wildman–Crippen MR) is 105 cm³/mol. The lowest BCUT2D eigenvalue weighted by molar-refractivity contribution is 0.249. The number of rotatable bonds is 5. The van der Waals surface area contributed by atoms with Crippen LogP contribution in [0.4, 0.5) is 10.5 Å². The summed E-state index contributed by atoms with van der Waals surface area (Å²) >= 11 is 6.00. The molecule has 0 spiro atoms. The third kappa shape index (κ3) is 4.20. The Morgan fingerprint density at radius 3 is 2.81 bits per heavy atom. The average Bonchev–Trinajstić information content (AvgIpc) is 3.04. The van der Waals surface area contributed by atoms with E-state index in [4.69, 9.17) is 16.3 Å². The molecule has 1 unspecified atom stereocenters. The molecule has 140 valence electrons. The molecule has 0 radical (unpaired) electrons. The highest BCUT2D eigenvalue weighted by atomic mass is 35.5. The molecule has 0 aliphatic carbocycles. The Labute approximate surface area is 162 Å². The van der Waals surface area contributed by atoms with Gasteiger partial charge in [0, 0.05) is 22.5 Å². The Hall–Kier alpha value is -3.06. The van der Waals surface area contributed by atoms with Crippen LogP contribution in [0.1, 0.15) is 24.2 Å². The normalized spacial score (nSPS) is 11.7. The van der Waals surface area contributed by atoms with Crippen molar-refractivity contribution in [2.75, 3.05) is 12.4 Å². The average molecular weight is 386 g/mol. The second kappa shape index (κ2) is 8.09. The minimum absolute atomic E-state index is 0.257. The van der Waals surface area contributed by atoms with Crippen LogP contribution in [0.2, 0.25) is 5.02 Å². The van der Waals surface area contributed by atoms with Crippen LogP contribution in [0.25, 0.3) is 5.82 Å². The van der Waals surface area contributed by atoms with Gasteiger partial charge in [-0.15, -0.1) is 0 Å². The van der Waals surface area contributed by atoms with E-state index in [2.05, 4.69) is 20.7 Å². The number of carbonyl (C=O) groups is 1. The lowest BCUT2D eigenvalue weighted by Crippen LogP contribution is -2.31. The van der Waals surface area contributed by atoms with Gasteiger partial charge in [-0.2, -0.15) is 5.10 Å². The minimum Gasteiger partial charge on any atom is -0.495 e. The number of ether oxygens (including phenoxy) is 1. The first kappa shape index (κ1) is 18.7. The molecular weight excluding hydrogens is 366 g/mol. The van der Waals surface area contributed by atoms with Crippen molar-refractivity contribution in [3.05, 3.63) is 65.1 Å². The fraction of sp³-hybridized carbons (Fsp3) is 0.211. The number of pyridine rings is 1. The van der Waals surface area contributed by atoms with Crippen LogP contribution >= 0.6 is 11.6 Å². The van der Waals surface area contributed by atoms with E-state index in [0.29, 0.717) is 16.5 Å². The van der Waals surface area contributed by atoms with Gasteiger partial charge in [-0.25, -0.2) is 14.5 Å². The van der Waals surface area contributed by atoms with Crippen molar-refractivity contribution in [2.24, 2.45) is 0 Å². The van der Waals surface area contributed by atoms with Gasteiger partial charge in [0.1, 0.15) is 5.75 Å². The number of hydrogen-bond acceptors (Lipinski definition) is 4. The van der Waals surface area contributed by atoms with E-state index >= 15 is 0 Å². The van der Waals surface area contributed by atoms with E-state index < -0.39 is 0 Å². The van der Waals surface area contributed by atoms with Gasteiger partial charge in [0.2, 0.25) is 0 Å². The molecule has 7 nitrogen and oxygen atoms in total. The van der Waals surface area contributed by atoms with Crippen LogP contribution < -0.4 is 15.4 Å². The minimum atomic E-state index is -0.368. The molecule has 0 aliphatic heterocycles. The number of carbonyl (C=O) groups excluding carboxylic acids is 1. The third-order valence-electron chi connectivity index (χ3n) is 4.14. The Morgan fingerprint density at radius 1 is 1.30 bits per heavy atom. The first-order chi connectivity index (χ1) is 13.0. The molecule has 3 aromatic rings. The maximum Gasteiger partial charge on any atom is 0.319 e. The molecule has 27 heavy (non-hydrogen) atoms. The molecule has 0 bridgehead atoms. The Balaban J connectivity index is 1.73. The topological polar surface area (TPSA) is 81.1 Å². The third-order valence-corrected chi connectivity index (χ3v) is 4.37. The molecule has 3 rings (SSSR count). The highest BCUT2D eigenvalue weighted by molar-refractivity contribution is 6.31. The largest absolute Gasteiger partial charge is 0.495 e. The van der Waals surface area contributed by atoms with Crippen LogP contribution in [0.15, 0.2) is 48.8 Å². The lowest BCUT2D eigenvalue weighted by Gasteiger charge is -2.16. The van der Waals surface area contributed by atoms with Crippen molar-refractivity contribution < 1.29 is 9.53 Å². The number of halogens is 1. The molecule has 0 saturated heterocycles. The predicted octanol–water partition coefficient (Wildman–Crippen LogP) is 4.12. The summed E-state index contributed by atoms with van der Waals surface area (Å²) in [5.74, 6) is 1.25. The molecule has 2 heterocycles. The molecule has 0 fully saturated rings. The van der Waals surface area contributed by atoms with Gasteiger partial charge in [-0.05, 0) is 44.2 Å². The quantitative estimate of drug-likeness (QED) is 0.692. The fourth-order valence-electron chi connectivity index (χ4n) is 2.77. The van der Waals surface area contributed by atoms with E-state index in [1.54, 1.807) is 35.3 Å². The van der Waals surface area contributed by atoms with E-state index in [-0.39, 0.29) is 12.1 Å². The highest BCUT2D eigenvalue weighted by Crippen LogP contribution is 2.28. The number of aromatic nitrogens is 3. The SMILES string of the molecule is COc1ccc(Cl)cc1NC(=O)NC(C)c1cnn(-c2ccccn2)c1C. The van der Waals surface area contributed by atoms with Crippen LogP contribution in [-0.4, -0.2) is 27.9 Å². The smallest absolute Gasteiger partial charge is 0.319 e. The van der Waals surface area contributed by atoms with Crippen LogP contribution in [0, 0.1) is 6.92 Å². The van der Waals surface area contributed by atoms with E-state index in [9.17, 15) is 4.79 Å². The van der Waals surface area contributed by atoms with E-state index in [1.807, 2.05) is 32.0 Å². The highest BCUT2D eigenvalue weighted by Gasteiger charge is 2.17. The molecular formula is C19H20ClN5O2. The van der Waals surface area contributed by atoms with Crippen molar-refractivity contribution in [3.8, 4) is 11.6 Å². The van der Waals surface area contributed by atoms with Crippen LogP contribution in [0.5, 0.6) is 5.75 Å². The van der Waals surface area contributed by atoms with Gasteiger partial charge in [-0.1, -0.05) is 17.7 Å². The summed E-state index contributed by atoms with van der Waals surface area (Å²) in [5, 5.41) is 10.5.